The predicted octanol–water partition coefficient (Wildman–Crippen LogP) is 24.3. The standard InChI is InChI=1S/C87H62N4/c1-87(2)79-57-60(69-40-22-46-75-72(69)43-25-49-82(75)89(64-31-13-5-14-32-64)65-33-15-6-16-34-65)52-54-85(79)91-84-53-51-59(68-39-21-45-74-71(68)42-24-48-81(74)88(62-27-9-3-10-28-62)63-29-11-4-12-30-63)55-77(84)78-56-61(58-80(87)86(78)91)70-41-23-47-76-73(70)44-26-50-83(76)90(66-35-17-7-18-36-66)67-37-19-8-20-38-67/h3-58H,1-2H3. The van der Waals surface area contributed by atoms with Gasteiger partial charge < -0.3 is 19.3 Å². The molecule has 15 aromatic carbocycles. The molecule has 0 fully saturated rings. The Hall–Kier alpha value is -11.7. The highest BCUT2D eigenvalue weighted by molar-refractivity contribution is 6.17. The Morgan fingerprint density at radius 2 is 0.560 bits per heavy atom. The molecule has 16 aromatic rings. The zero-order valence-corrected chi connectivity index (χ0v) is 50.6. The molecular weight excluding hydrogens is 1100 g/mol. The van der Waals surface area contributed by atoms with E-state index in [1.54, 1.807) is 0 Å². The van der Waals surface area contributed by atoms with E-state index in [-0.39, 0.29) is 0 Å². The number of rotatable bonds is 12. The van der Waals surface area contributed by atoms with Gasteiger partial charge in [0.2, 0.25) is 0 Å². The van der Waals surface area contributed by atoms with Crippen LogP contribution in [0, 0.1) is 0 Å². The van der Waals surface area contributed by atoms with Crippen LogP contribution in [0.15, 0.2) is 340 Å². The Labute approximate surface area is 530 Å². The lowest BCUT2D eigenvalue weighted by molar-refractivity contribution is 0.630. The van der Waals surface area contributed by atoms with E-state index in [1.807, 2.05) is 0 Å². The van der Waals surface area contributed by atoms with E-state index in [1.165, 1.54) is 104 Å². The highest BCUT2D eigenvalue weighted by atomic mass is 15.2. The van der Waals surface area contributed by atoms with Gasteiger partial charge in [-0.1, -0.05) is 226 Å². The van der Waals surface area contributed by atoms with Crippen LogP contribution in [0.25, 0.3) is 93.2 Å². The van der Waals surface area contributed by atoms with Crippen molar-refractivity contribution in [3.63, 3.8) is 0 Å². The molecule has 0 N–H and O–H groups in total. The van der Waals surface area contributed by atoms with Gasteiger partial charge in [0, 0.05) is 66.5 Å². The molecule has 91 heavy (non-hydrogen) atoms. The van der Waals surface area contributed by atoms with Crippen molar-refractivity contribution in [2.75, 3.05) is 14.7 Å². The zero-order chi connectivity index (χ0) is 60.6. The van der Waals surface area contributed by atoms with Crippen molar-refractivity contribution in [1.29, 1.82) is 0 Å². The van der Waals surface area contributed by atoms with E-state index in [0.717, 1.165) is 51.2 Å². The van der Waals surface area contributed by atoms with Gasteiger partial charge in [0.05, 0.1) is 33.8 Å². The maximum Gasteiger partial charge on any atom is 0.0582 e. The van der Waals surface area contributed by atoms with Crippen LogP contribution < -0.4 is 14.7 Å². The lowest BCUT2D eigenvalue weighted by Gasteiger charge is -2.35. The minimum Gasteiger partial charge on any atom is -0.310 e. The summed E-state index contributed by atoms with van der Waals surface area (Å²) in [5.41, 5.74) is 23.0. The second kappa shape index (κ2) is 21.8. The molecule has 4 nitrogen and oxygen atoms in total. The number of hydrogen-bond donors (Lipinski definition) is 0. The maximum absolute atomic E-state index is 2.58. The molecule has 0 amide bonds. The quantitative estimate of drug-likeness (QED) is 0.121. The van der Waals surface area contributed by atoms with Gasteiger partial charge in [0.1, 0.15) is 0 Å². The van der Waals surface area contributed by atoms with E-state index in [9.17, 15) is 0 Å². The normalized spacial score (nSPS) is 12.4. The molecular formula is C87H62N4. The number of anilines is 9. The summed E-state index contributed by atoms with van der Waals surface area (Å²) in [5, 5.41) is 9.61. The van der Waals surface area contributed by atoms with Crippen LogP contribution in [-0.4, -0.2) is 4.57 Å². The van der Waals surface area contributed by atoms with Crippen molar-refractivity contribution >= 4 is 105 Å². The number of nitrogens with zero attached hydrogens (tertiary/aromatic N) is 4. The Morgan fingerprint density at radius 1 is 0.242 bits per heavy atom. The summed E-state index contributed by atoms with van der Waals surface area (Å²) in [7, 11) is 0. The van der Waals surface area contributed by atoms with Crippen LogP contribution in [0.2, 0.25) is 0 Å². The van der Waals surface area contributed by atoms with Gasteiger partial charge in [-0.15, -0.1) is 0 Å². The van der Waals surface area contributed by atoms with Crippen LogP contribution in [0.3, 0.4) is 0 Å². The minimum atomic E-state index is -0.428. The fourth-order valence-corrected chi connectivity index (χ4v) is 14.7. The summed E-state index contributed by atoms with van der Waals surface area (Å²) >= 11 is 0. The third-order valence-corrected chi connectivity index (χ3v) is 18.9. The van der Waals surface area contributed by atoms with Crippen LogP contribution in [-0.2, 0) is 5.41 Å². The van der Waals surface area contributed by atoms with E-state index in [4.69, 9.17) is 0 Å². The van der Waals surface area contributed by atoms with Crippen LogP contribution in [0.4, 0.5) is 51.2 Å². The van der Waals surface area contributed by atoms with Gasteiger partial charge in [-0.3, -0.25) is 0 Å². The molecule has 430 valence electrons. The van der Waals surface area contributed by atoms with E-state index < -0.39 is 5.41 Å². The number of hydrogen-bond acceptors (Lipinski definition) is 3. The molecule has 1 aliphatic rings. The molecule has 1 aromatic heterocycles. The molecule has 17 rings (SSSR count). The molecule has 0 bridgehead atoms. The van der Waals surface area contributed by atoms with Crippen molar-refractivity contribution in [1.82, 2.24) is 4.57 Å². The topological polar surface area (TPSA) is 14.7 Å². The van der Waals surface area contributed by atoms with Crippen molar-refractivity contribution in [2.24, 2.45) is 0 Å². The third-order valence-electron chi connectivity index (χ3n) is 18.9. The first-order valence-corrected chi connectivity index (χ1v) is 31.5. The Morgan fingerprint density at radius 3 is 0.956 bits per heavy atom. The SMILES string of the molecule is CC1(C)c2cc(-c3cccc4c(N(c5ccccc5)c5ccccc5)cccc34)ccc2-n2c3ccc(-c4cccc5c(N(c6ccccc6)c6ccccc6)cccc45)cc3c3cc(-c4cccc5c(N(c6ccccc6)c6ccccc6)cccc45)cc1c32. The van der Waals surface area contributed by atoms with E-state index >= 15 is 0 Å². The fourth-order valence-electron chi connectivity index (χ4n) is 14.7. The lowest BCUT2D eigenvalue weighted by Crippen LogP contribution is -2.26. The fraction of sp³-hybridized carbons (Fsp3) is 0.0345. The van der Waals surface area contributed by atoms with Crippen LogP contribution in [0.1, 0.15) is 25.0 Å². The van der Waals surface area contributed by atoms with E-state index in [0.29, 0.717) is 0 Å². The Kier molecular flexibility index (Phi) is 12.8. The summed E-state index contributed by atoms with van der Waals surface area (Å²) in [6, 6.07) is 125. The highest BCUT2D eigenvalue weighted by Gasteiger charge is 2.37. The second-order valence-electron chi connectivity index (χ2n) is 24.4. The van der Waals surface area contributed by atoms with Gasteiger partial charge in [0.25, 0.3) is 0 Å². The van der Waals surface area contributed by atoms with Crippen LogP contribution in [0.5, 0.6) is 0 Å². The van der Waals surface area contributed by atoms with Gasteiger partial charge in [-0.05, 0) is 188 Å². The first-order valence-electron chi connectivity index (χ1n) is 31.5. The average Bonchev–Trinajstić information content (AvgIpc) is 1.59. The third kappa shape index (κ3) is 8.90. The predicted molar refractivity (Wildman–Crippen MR) is 386 cm³/mol. The summed E-state index contributed by atoms with van der Waals surface area (Å²) in [4.78, 5) is 7.15. The van der Waals surface area contributed by atoms with Gasteiger partial charge >= 0.3 is 0 Å². The molecule has 0 radical (unpaired) electrons. The van der Waals surface area contributed by atoms with Crippen LogP contribution >= 0.6 is 0 Å². The molecule has 0 aliphatic carbocycles. The van der Waals surface area contributed by atoms with Gasteiger partial charge in [0.15, 0.2) is 0 Å². The molecule has 0 saturated heterocycles. The first kappa shape index (κ1) is 53.5. The summed E-state index contributed by atoms with van der Waals surface area (Å²) in [5.74, 6) is 0. The van der Waals surface area contributed by atoms with Crippen molar-refractivity contribution in [3.05, 3.63) is 351 Å². The molecule has 1 aliphatic heterocycles. The number of fused-ring (bicyclic) bond motifs is 8. The number of para-hydroxylation sites is 6. The summed E-state index contributed by atoms with van der Waals surface area (Å²) in [6.45, 7) is 4.89. The highest BCUT2D eigenvalue weighted by Crippen LogP contribution is 2.53. The Bertz CT molecular complexity index is 5310. The first-order chi connectivity index (χ1) is 44.9. The van der Waals surface area contributed by atoms with Crippen molar-refractivity contribution < 1.29 is 0 Å². The zero-order valence-electron chi connectivity index (χ0n) is 50.6. The molecule has 0 unspecified atom stereocenters. The molecule has 4 heteroatoms. The average molecular weight is 1160 g/mol. The van der Waals surface area contributed by atoms with Crippen molar-refractivity contribution in [3.8, 4) is 39.1 Å². The lowest BCUT2D eigenvalue weighted by atomic mass is 9.73. The van der Waals surface area contributed by atoms with Crippen molar-refractivity contribution in [2.45, 2.75) is 19.3 Å². The molecule has 0 spiro atoms. The second-order valence-corrected chi connectivity index (χ2v) is 24.4. The monoisotopic (exact) mass is 1160 g/mol. The summed E-state index contributed by atoms with van der Waals surface area (Å²) < 4.78 is 2.58. The maximum atomic E-state index is 2.58. The molecule has 0 saturated carbocycles. The molecule has 2 heterocycles. The number of aromatic nitrogens is 1. The smallest absolute Gasteiger partial charge is 0.0582 e. The summed E-state index contributed by atoms with van der Waals surface area (Å²) in [6.07, 6.45) is 0. The molecule has 0 atom stereocenters. The van der Waals surface area contributed by atoms with Gasteiger partial charge in [-0.2, -0.15) is 0 Å². The Balaban J connectivity index is 0.876. The minimum absolute atomic E-state index is 0.428. The van der Waals surface area contributed by atoms with E-state index in [2.05, 4.69) is 373 Å². The van der Waals surface area contributed by atoms with Gasteiger partial charge in [-0.25, -0.2) is 0 Å². The largest absolute Gasteiger partial charge is 0.310 e. The number of benzene rings is 15.